The largest absolute Gasteiger partial charge is 0.480 e. The van der Waals surface area contributed by atoms with E-state index in [2.05, 4.69) is 15.5 Å². The number of carboxylic acids is 1. The SMILES string of the molecule is CN(CCCNC(=O)N[C@@H](CO)C(=O)O)c1ccccc1. The molecular formula is C14H21N3O4. The maximum absolute atomic E-state index is 11.4. The van der Waals surface area contributed by atoms with E-state index < -0.39 is 24.6 Å². The number of benzene rings is 1. The average Bonchev–Trinajstić information content (AvgIpc) is 2.49. The van der Waals surface area contributed by atoms with Gasteiger partial charge in [0.1, 0.15) is 0 Å². The van der Waals surface area contributed by atoms with Crippen LogP contribution in [0.25, 0.3) is 0 Å². The first kappa shape index (κ1) is 16.8. The van der Waals surface area contributed by atoms with Crippen molar-refractivity contribution in [3.05, 3.63) is 30.3 Å². The highest BCUT2D eigenvalue weighted by atomic mass is 16.4. The lowest BCUT2D eigenvalue weighted by atomic mass is 10.3. The molecule has 1 aromatic rings. The fourth-order valence-electron chi connectivity index (χ4n) is 1.72. The number of aliphatic carboxylic acids is 1. The van der Waals surface area contributed by atoms with E-state index >= 15 is 0 Å². The van der Waals surface area contributed by atoms with Crippen LogP contribution < -0.4 is 15.5 Å². The number of nitrogens with zero attached hydrogens (tertiary/aromatic N) is 1. The summed E-state index contributed by atoms with van der Waals surface area (Å²) in [6.45, 7) is 0.535. The van der Waals surface area contributed by atoms with E-state index in [1.807, 2.05) is 37.4 Å². The van der Waals surface area contributed by atoms with Gasteiger partial charge in [-0.1, -0.05) is 18.2 Å². The van der Waals surface area contributed by atoms with Crippen molar-refractivity contribution in [2.45, 2.75) is 12.5 Å². The number of para-hydroxylation sites is 1. The van der Waals surface area contributed by atoms with E-state index in [1.165, 1.54) is 0 Å². The fraction of sp³-hybridized carbons (Fsp3) is 0.429. The molecule has 0 fully saturated rings. The minimum Gasteiger partial charge on any atom is -0.480 e. The standard InChI is InChI=1S/C14H21N3O4/c1-17(11-6-3-2-4-7-11)9-5-8-15-14(21)16-12(10-18)13(19)20/h2-4,6-7,12,18H,5,8-10H2,1H3,(H,19,20)(H2,15,16,21)/t12-/m0/s1. The number of carbonyl (C=O) groups is 2. The molecule has 0 aliphatic carbocycles. The van der Waals surface area contributed by atoms with Gasteiger partial charge in [-0.25, -0.2) is 9.59 Å². The first-order chi connectivity index (χ1) is 10.0. The Labute approximate surface area is 123 Å². The summed E-state index contributed by atoms with van der Waals surface area (Å²) in [4.78, 5) is 24.1. The molecule has 0 bridgehead atoms. The highest BCUT2D eigenvalue weighted by molar-refractivity contribution is 5.82. The topological polar surface area (TPSA) is 102 Å². The Morgan fingerprint density at radius 3 is 2.52 bits per heavy atom. The van der Waals surface area contributed by atoms with Gasteiger partial charge in [0.25, 0.3) is 0 Å². The minimum atomic E-state index is -1.28. The molecule has 0 heterocycles. The monoisotopic (exact) mass is 295 g/mol. The van der Waals surface area contributed by atoms with Gasteiger partial charge in [-0.05, 0) is 18.6 Å². The maximum Gasteiger partial charge on any atom is 0.328 e. The highest BCUT2D eigenvalue weighted by Gasteiger charge is 2.18. The van der Waals surface area contributed by atoms with Gasteiger partial charge in [0.2, 0.25) is 0 Å². The number of urea groups is 1. The Morgan fingerprint density at radius 2 is 1.95 bits per heavy atom. The molecule has 4 N–H and O–H groups in total. The van der Waals surface area contributed by atoms with Gasteiger partial charge in [-0.15, -0.1) is 0 Å². The number of aliphatic hydroxyl groups is 1. The van der Waals surface area contributed by atoms with Crippen molar-refractivity contribution in [2.75, 3.05) is 31.6 Å². The van der Waals surface area contributed by atoms with Crippen LogP contribution in [0.1, 0.15) is 6.42 Å². The molecule has 1 atom stereocenters. The molecule has 1 aromatic carbocycles. The molecule has 0 unspecified atom stereocenters. The van der Waals surface area contributed by atoms with Crippen molar-refractivity contribution in [1.29, 1.82) is 0 Å². The van der Waals surface area contributed by atoms with Crippen LogP contribution >= 0.6 is 0 Å². The van der Waals surface area contributed by atoms with Gasteiger partial charge >= 0.3 is 12.0 Å². The van der Waals surface area contributed by atoms with Crippen molar-refractivity contribution in [3.8, 4) is 0 Å². The van der Waals surface area contributed by atoms with E-state index in [1.54, 1.807) is 0 Å². The second-order valence-electron chi connectivity index (χ2n) is 4.58. The molecule has 0 radical (unpaired) electrons. The van der Waals surface area contributed by atoms with Crippen LogP contribution in [0.3, 0.4) is 0 Å². The van der Waals surface area contributed by atoms with Crippen molar-refractivity contribution in [1.82, 2.24) is 10.6 Å². The van der Waals surface area contributed by atoms with Crippen LogP contribution in [-0.4, -0.2) is 55.0 Å². The number of aliphatic hydroxyl groups excluding tert-OH is 1. The van der Waals surface area contributed by atoms with Gasteiger partial charge in [0.05, 0.1) is 6.61 Å². The molecule has 0 aliphatic heterocycles. The highest BCUT2D eigenvalue weighted by Crippen LogP contribution is 2.10. The Kier molecular flexibility index (Phi) is 7.03. The van der Waals surface area contributed by atoms with Crippen molar-refractivity contribution >= 4 is 17.7 Å². The molecule has 7 heteroatoms. The van der Waals surface area contributed by atoms with Gasteiger partial charge in [0.15, 0.2) is 6.04 Å². The fourth-order valence-corrected chi connectivity index (χ4v) is 1.72. The number of anilines is 1. The van der Waals surface area contributed by atoms with Crippen molar-refractivity contribution in [2.24, 2.45) is 0 Å². The third-order valence-corrected chi connectivity index (χ3v) is 2.94. The van der Waals surface area contributed by atoms with Crippen LogP contribution in [0.2, 0.25) is 0 Å². The molecule has 21 heavy (non-hydrogen) atoms. The quantitative estimate of drug-likeness (QED) is 0.515. The maximum atomic E-state index is 11.4. The molecule has 1 rings (SSSR count). The summed E-state index contributed by atoms with van der Waals surface area (Å²) < 4.78 is 0. The van der Waals surface area contributed by atoms with Crippen LogP contribution in [0.5, 0.6) is 0 Å². The molecule has 2 amide bonds. The Morgan fingerprint density at radius 1 is 1.29 bits per heavy atom. The minimum absolute atomic E-state index is 0.417. The van der Waals surface area contributed by atoms with Crippen LogP contribution in [-0.2, 0) is 4.79 Å². The predicted molar refractivity (Wildman–Crippen MR) is 79.4 cm³/mol. The van der Waals surface area contributed by atoms with E-state index in [-0.39, 0.29) is 0 Å². The van der Waals surface area contributed by atoms with Gasteiger partial charge in [0, 0.05) is 25.8 Å². The molecule has 7 nitrogen and oxygen atoms in total. The third kappa shape index (κ3) is 6.13. The first-order valence-electron chi connectivity index (χ1n) is 6.68. The Hall–Kier alpha value is -2.28. The lowest BCUT2D eigenvalue weighted by Crippen LogP contribution is -2.48. The zero-order chi connectivity index (χ0) is 15.7. The number of carboxylic acid groups (broad SMARTS) is 1. The van der Waals surface area contributed by atoms with E-state index in [0.29, 0.717) is 6.54 Å². The smallest absolute Gasteiger partial charge is 0.328 e. The Bertz CT molecular complexity index is 453. The van der Waals surface area contributed by atoms with Gasteiger partial charge < -0.3 is 25.7 Å². The van der Waals surface area contributed by atoms with Gasteiger partial charge in [-0.3, -0.25) is 0 Å². The molecule has 0 spiro atoms. The normalized spacial score (nSPS) is 11.5. The van der Waals surface area contributed by atoms with E-state index in [0.717, 1.165) is 18.7 Å². The van der Waals surface area contributed by atoms with Gasteiger partial charge in [-0.2, -0.15) is 0 Å². The lowest BCUT2D eigenvalue weighted by molar-refractivity contribution is -0.140. The van der Waals surface area contributed by atoms with Crippen molar-refractivity contribution in [3.63, 3.8) is 0 Å². The summed E-state index contributed by atoms with van der Waals surface area (Å²) >= 11 is 0. The number of nitrogens with one attached hydrogen (secondary N) is 2. The van der Waals surface area contributed by atoms with Crippen molar-refractivity contribution < 1.29 is 19.8 Å². The van der Waals surface area contributed by atoms with E-state index in [4.69, 9.17) is 10.2 Å². The molecule has 0 aliphatic rings. The molecule has 0 saturated heterocycles. The number of hydrogen-bond acceptors (Lipinski definition) is 4. The number of hydrogen-bond donors (Lipinski definition) is 4. The average molecular weight is 295 g/mol. The van der Waals surface area contributed by atoms with Crippen LogP contribution in [0.15, 0.2) is 30.3 Å². The number of rotatable bonds is 8. The first-order valence-corrected chi connectivity index (χ1v) is 6.68. The number of amides is 2. The molecular weight excluding hydrogens is 274 g/mol. The van der Waals surface area contributed by atoms with Crippen LogP contribution in [0.4, 0.5) is 10.5 Å². The Balaban J connectivity index is 2.22. The predicted octanol–water partition coefficient (Wildman–Crippen LogP) is 0.258. The molecule has 116 valence electrons. The second kappa shape index (κ2) is 8.80. The number of carbonyl (C=O) groups excluding carboxylic acids is 1. The zero-order valence-corrected chi connectivity index (χ0v) is 12.0. The summed E-state index contributed by atoms with van der Waals surface area (Å²) in [7, 11) is 1.96. The van der Waals surface area contributed by atoms with E-state index in [9.17, 15) is 9.59 Å². The summed E-state index contributed by atoms with van der Waals surface area (Å²) in [5.41, 5.74) is 1.09. The summed E-state index contributed by atoms with van der Waals surface area (Å²) in [5.74, 6) is -1.27. The van der Waals surface area contributed by atoms with Crippen LogP contribution in [0, 0.1) is 0 Å². The zero-order valence-electron chi connectivity index (χ0n) is 12.0. The lowest BCUT2D eigenvalue weighted by Gasteiger charge is -2.19. The summed E-state index contributed by atoms with van der Waals surface area (Å²) in [6, 6.07) is 7.98. The molecule has 0 saturated carbocycles. The molecule has 0 aromatic heterocycles. The second-order valence-corrected chi connectivity index (χ2v) is 4.58. The third-order valence-electron chi connectivity index (χ3n) is 2.94. The summed E-state index contributed by atoms with van der Waals surface area (Å²) in [6.07, 6.45) is 0.718. The summed E-state index contributed by atoms with van der Waals surface area (Å²) in [5, 5.41) is 22.2.